The van der Waals surface area contributed by atoms with Gasteiger partial charge < -0.3 is 0 Å². The van der Waals surface area contributed by atoms with Crippen LogP contribution in [0.5, 0.6) is 0 Å². The van der Waals surface area contributed by atoms with Crippen LogP contribution in [0.4, 0.5) is 0 Å². The molecular formula is C7H15Cl5Si2. The maximum atomic E-state index is 6.25. The molecule has 0 unspecified atom stereocenters. The summed E-state index contributed by atoms with van der Waals surface area (Å²) in [5.41, 5.74) is 0.650. The third kappa shape index (κ3) is 8.08. The first kappa shape index (κ1) is 15.9. The van der Waals surface area contributed by atoms with Gasteiger partial charge >= 0.3 is 0 Å². The second-order valence-corrected chi connectivity index (χ2v) is 19.5. The zero-order valence-electron chi connectivity index (χ0n) is 8.13. The second kappa shape index (κ2) is 7.26. The average molecular weight is 333 g/mol. The van der Waals surface area contributed by atoms with Gasteiger partial charge in [0.25, 0.3) is 13.4 Å². The Balaban J connectivity index is 4.05. The molecule has 86 valence electrons. The zero-order valence-corrected chi connectivity index (χ0v) is 13.9. The quantitative estimate of drug-likeness (QED) is 0.332. The number of alkyl halides is 1. The summed E-state index contributed by atoms with van der Waals surface area (Å²) < 4.78 is 0. The van der Waals surface area contributed by atoms with Crippen LogP contribution in [0.3, 0.4) is 0 Å². The first-order chi connectivity index (χ1) is 6.33. The maximum absolute atomic E-state index is 6.25. The molecule has 0 spiro atoms. The van der Waals surface area contributed by atoms with E-state index in [9.17, 15) is 0 Å². The van der Waals surface area contributed by atoms with Gasteiger partial charge in [0.05, 0.1) is 0 Å². The van der Waals surface area contributed by atoms with Gasteiger partial charge in [0.15, 0.2) is 0 Å². The molecule has 14 heavy (non-hydrogen) atoms. The fourth-order valence-electron chi connectivity index (χ4n) is 1.25. The summed E-state index contributed by atoms with van der Waals surface area (Å²) in [5.74, 6) is 0.598. The Morgan fingerprint density at radius 3 is 1.86 bits per heavy atom. The van der Waals surface area contributed by atoms with Crippen molar-refractivity contribution in [1.29, 1.82) is 0 Å². The molecule has 0 amide bonds. The van der Waals surface area contributed by atoms with E-state index in [-0.39, 0.29) is 0 Å². The summed E-state index contributed by atoms with van der Waals surface area (Å²) >= 11 is 30.6. The Morgan fingerprint density at radius 1 is 0.929 bits per heavy atom. The molecule has 0 nitrogen and oxygen atoms in total. The third-order valence-electron chi connectivity index (χ3n) is 1.81. The van der Waals surface area contributed by atoms with E-state index < -0.39 is 13.4 Å². The number of halogens is 5. The largest absolute Gasteiger partial charge is 0.251 e. The minimum absolute atomic E-state index is 0.598. The number of rotatable bonds is 7. The van der Waals surface area contributed by atoms with E-state index in [4.69, 9.17) is 55.9 Å². The van der Waals surface area contributed by atoms with Crippen molar-refractivity contribution in [3.05, 3.63) is 0 Å². The van der Waals surface area contributed by atoms with Gasteiger partial charge in [0, 0.05) is 5.88 Å². The maximum Gasteiger partial charge on any atom is 0.251 e. The Kier molecular flexibility index (Phi) is 8.23. The molecule has 0 fully saturated rings. The Hall–Kier alpha value is 1.88. The first-order valence-corrected chi connectivity index (χ1v) is 14.1. The van der Waals surface area contributed by atoms with Gasteiger partial charge in [-0.1, -0.05) is 13.3 Å². The molecule has 0 bridgehead atoms. The van der Waals surface area contributed by atoms with Crippen LogP contribution in [0.25, 0.3) is 0 Å². The van der Waals surface area contributed by atoms with Gasteiger partial charge in [-0.15, -0.1) is 55.9 Å². The van der Waals surface area contributed by atoms with Crippen LogP contribution in [-0.4, -0.2) is 19.3 Å². The smallest absolute Gasteiger partial charge is 0.146 e. The SMILES string of the molecule is CCC[Si](Cl)(Cl)C[Si](Cl)(Cl)CCCCl. The molecule has 0 atom stereocenters. The standard InChI is InChI=1S/C7H15Cl5Si2/c1-2-5-13(9,10)7-14(11,12)6-3-4-8/h2-7H2,1H3. The Bertz CT molecular complexity index is 162. The van der Waals surface area contributed by atoms with E-state index in [1.54, 1.807) is 0 Å². The van der Waals surface area contributed by atoms with Gasteiger partial charge in [-0.25, -0.2) is 0 Å². The topological polar surface area (TPSA) is 0 Å². The summed E-state index contributed by atoms with van der Waals surface area (Å²) in [5, 5.41) is 0. The predicted molar refractivity (Wildman–Crippen MR) is 75.0 cm³/mol. The highest BCUT2D eigenvalue weighted by atomic mass is 35.7. The Morgan fingerprint density at radius 2 is 1.43 bits per heavy atom. The van der Waals surface area contributed by atoms with Crippen LogP contribution < -0.4 is 0 Å². The summed E-state index contributed by atoms with van der Waals surface area (Å²) in [7, 11) is 0. The minimum Gasteiger partial charge on any atom is -0.146 e. The van der Waals surface area contributed by atoms with Crippen molar-refractivity contribution in [3.8, 4) is 0 Å². The highest BCUT2D eigenvalue weighted by Gasteiger charge is 2.40. The molecule has 0 heterocycles. The average Bonchev–Trinajstić information content (AvgIpc) is 1.98. The molecule has 7 heteroatoms. The van der Waals surface area contributed by atoms with Gasteiger partial charge in [-0.3, -0.25) is 0 Å². The molecule has 0 saturated carbocycles. The molecule has 0 saturated heterocycles. The van der Waals surface area contributed by atoms with Crippen molar-refractivity contribution >= 4 is 69.3 Å². The van der Waals surface area contributed by atoms with E-state index in [0.717, 1.165) is 24.9 Å². The number of hydrogen-bond acceptors (Lipinski definition) is 0. The van der Waals surface area contributed by atoms with Gasteiger partial charge in [0.2, 0.25) is 0 Å². The van der Waals surface area contributed by atoms with Crippen molar-refractivity contribution in [1.82, 2.24) is 0 Å². The van der Waals surface area contributed by atoms with Gasteiger partial charge in [-0.05, 0) is 24.2 Å². The monoisotopic (exact) mass is 330 g/mol. The lowest BCUT2D eigenvalue weighted by Crippen LogP contribution is -2.32. The normalized spacial score (nSPS) is 13.3. The van der Waals surface area contributed by atoms with Crippen molar-refractivity contribution in [2.24, 2.45) is 0 Å². The van der Waals surface area contributed by atoms with Gasteiger partial charge in [-0.2, -0.15) is 0 Å². The van der Waals surface area contributed by atoms with E-state index in [0.29, 0.717) is 11.5 Å². The van der Waals surface area contributed by atoms with E-state index in [1.807, 2.05) is 0 Å². The number of hydrogen-bond donors (Lipinski definition) is 0. The predicted octanol–water partition coefficient (Wildman–Crippen LogP) is 5.40. The fraction of sp³-hybridized carbons (Fsp3) is 1.00. The van der Waals surface area contributed by atoms with Crippen LogP contribution in [0, 0.1) is 0 Å². The summed E-state index contributed by atoms with van der Waals surface area (Å²) in [6.45, 7) is -2.36. The van der Waals surface area contributed by atoms with Crippen LogP contribution >= 0.6 is 55.9 Å². The van der Waals surface area contributed by atoms with Crippen LogP contribution in [0.1, 0.15) is 19.8 Å². The lowest BCUT2D eigenvalue weighted by Gasteiger charge is -2.23. The van der Waals surface area contributed by atoms with Crippen LogP contribution in [0.15, 0.2) is 0 Å². The zero-order chi connectivity index (χ0) is 11.2. The molecule has 0 aliphatic rings. The van der Waals surface area contributed by atoms with Crippen LogP contribution in [-0.2, 0) is 0 Å². The highest BCUT2D eigenvalue weighted by molar-refractivity contribution is 7.56. The molecular weight excluding hydrogens is 318 g/mol. The fourth-order valence-corrected chi connectivity index (χ4v) is 20.1. The van der Waals surface area contributed by atoms with E-state index >= 15 is 0 Å². The van der Waals surface area contributed by atoms with Crippen LogP contribution in [0.2, 0.25) is 17.8 Å². The van der Waals surface area contributed by atoms with Crippen molar-refractivity contribution in [3.63, 3.8) is 0 Å². The molecule has 0 radical (unpaired) electrons. The van der Waals surface area contributed by atoms with Crippen molar-refractivity contribution < 1.29 is 0 Å². The molecule has 0 aliphatic heterocycles. The molecule has 0 rings (SSSR count). The van der Waals surface area contributed by atoms with E-state index in [2.05, 4.69) is 6.92 Å². The first-order valence-electron chi connectivity index (χ1n) is 4.64. The lowest BCUT2D eigenvalue weighted by molar-refractivity contribution is 1.06. The molecule has 0 aromatic carbocycles. The molecule has 0 N–H and O–H groups in total. The third-order valence-corrected chi connectivity index (χ3v) is 15.6. The molecule has 0 aromatic heterocycles. The summed E-state index contributed by atoms with van der Waals surface area (Å²) in [6, 6.07) is 1.66. The van der Waals surface area contributed by atoms with E-state index in [1.165, 1.54) is 0 Å². The Labute approximate surface area is 112 Å². The second-order valence-electron chi connectivity index (χ2n) is 3.43. The molecule has 0 aromatic rings. The minimum atomic E-state index is -2.24. The van der Waals surface area contributed by atoms with Crippen molar-refractivity contribution in [2.45, 2.75) is 37.5 Å². The highest BCUT2D eigenvalue weighted by Crippen LogP contribution is 2.38. The lowest BCUT2D eigenvalue weighted by atomic mass is 10.6. The summed E-state index contributed by atoms with van der Waals surface area (Å²) in [4.78, 5) is 0. The van der Waals surface area contributed by atoms with Gasteiger partial charge in [0.1, 0.15) is 0 Å². The van der Waals surface area contributed by atoms with Crippen molar-refractivity contribution in [2.75, 3.05) is 5.88 Å². The molecule has 0 aliphatic carbocycles. The summed E-state index contributed by atoms with van der Waals surface area (Å²) in [6.07, 6.45) is 1.85.